The number of carboxylic acid groups (broad SMARTS) is 1. The Hall–Kier alpha value is -2.51. The summed E-state index contributed by atoms with van der Waals surface area (Å²) in [5.74, 6) is -0.766. The summed E-state index contributed by atoms with van der Waals surface area (Å²) < 4.78 is 1.49. The van der Waals surface area contributed by atoms with E-state index in [1.54, 1.807) is 0 Å². The van der Waals surface area contributed by atoms with Crippen LogP contribution in [-0.4, -0.2) is 42.1 Å². The summed E-state index contributed by atoms with van der Waals surface area (Å²) in [5.41, 5.74) is 0.355. The van der Waals surface area contributed by atoms with Crippen LogP contribution in [0.25, 0.3) is 5.78 Å². The van der Waals surface area contributed by atoms with Gasteiger partial charge in [0.15, 0.2) is 0 Å². The molecule has 0 atom stereocenters. The number of amides is 1. The van der Waals surface area contributed by atoms with Gasteiger partial charge in [-0.05, 0) is 51.5 Å². The topological polar surface area (TPSA) is 109 Å². The highest BCUT2D eigenvalue weighted by Gasteiger charge is 2.43. The standard InChI is InChI=1S/C17H23N5O3/c1-4-12-5-7-17(8-6-12,15(24)25)20-14(23)13-19-16-18-10(2)9-11(3)22(16)21-13/h9,12H,4-8H2,1-3H3,(H,20,23)(H,24,25). The Kier molecular flexibility index (Phi) is 4.45. The molecule has 0 spiro atoms. The fraction of sp³-hybridized carbons (Fsp3) is 0.588. The lowest BCUT2D eigenvalue weighted by atomic mass is 9.75. The summed E-state index contributed by atoms with van der Waals surface area (Å²) in [6, 6.07) is 1.84. The van der Waals surface area contributed by atoms with E-state index >= 15 is 0 Å². The number of carbonyl (C=O) groups excluding carboxylic acids is 1. The number of aromatic nitrogens is 4. The third-order valence-corrected chi connectivity index (χ3v) is 5.12. The molecule has 1 saturated carbocycles. The van der Waals surface area contributed by atoms with E-state index < -0.39 is 17.4 Å². The summed E-state index contributed by atoms with van der Waals surface area (Å²) in [4.78, 5) is 32.8. The number of nitrogens with zero attached hydrogens (tertiary/aromatic N) is 4. The number of nitrogens with one attached hydrogen (secondary N) is 1. The van der Waals surface area contributed by atoms with Crippen molar-refractivity contribution in [1.82, 2.24) is 24.9 Å². The molecule has 1 fully saturated rings. The van der Waals surface area contributed by atoms with Gasteiger partial charge in [0, 0.05) is 11.4 Å². The van der Waals surface area contributed by atoms with Crippen LogP contribution in [0.4, 0.5) is 0 Å². The van der Waals surface area contributed by atoms with Crippen LogP contribution < -0.4 is 5.32 Å². The van der Waals surface area contributed by atoms with Crippen LogP contribution in [0, 0.1) is 19.8 Å². The SMILES string of the molecule is CCC1CCC(NC(=O)c2nc3nc(C)cc(C)n3n2)(C(=O)O)CC1. The van der Waals surface area contributed by atoms with E-state index in [1.165, 1.54) is 4.52 Å². The van der Waals surface area contributed by atoms with Crippen LogP contribution in [0.5, 0.6) is 0 Å². The van der Waals surface area contributed by atoms with Crippen molar-refractivity contribution < 1.29 is 14.7 Å². The molecule has 134 valence electrons. The van der Waals surface area contributed by atoms with Crippen LogP contribution in [0.1, 0.15) is 61.0 Å². The minimum absolute atomic E-state index is 0.0561. The predicted octanol–water partition coefficient (Wildman–Crippen LogP) is 1.89. The third-order valence-electron chi connectivity index (χ3n) is 5.12. The van der Waals surface area contributed by atoms with Gasteiger partial charge in [-0.25, -0.2) is 14.3 Å². The lowest BCUT2D eigenvalue weighted by molar-refractivity contribution is -0.146. The Morgan fingerprint density at radius 3 is 2.60 bits per heavy atom. The van der Waals surface area contributed by atoms with Crippen molar-refractivity contribution in [1.29, 1.82) is 0 Å². The van der Waals surface area contributed by atoms with E-state index in [9.17, 15) is 14.7 Å². The van der Waals surface area contributed by atoms with Crippen molar-refractivity contribution >= 4 is 17.7 Å². The molecule has 0 aromatic carbocycles. The molecule has 0 unspecified atom stereocenters. The van der Waals surface area contributed by atoms with Gasteiger partial charge in [-0.1, -0.05) is 13.3 Å². The molecule has 8 heteroatoms. The maximum atomic E-state index is 12.6. The van der Waals surface area contributed by atoms with Crippen molar-refractivity contribution in [2.24, 2.45) is 5.92 Å². The molecular formula is C17H23N5O3. The summed E-state index contributed by atoms with van der Waals surface area (Å²) in [5, 5.41) is 16.6. The zero-order chi connectivity index (χ0) is 18.2. The average molecular weight is 345 g/mol. The molecule has 2 aromatic heterocycles. The summed E-state index contributed by atoms with van der Waals surface area (Å²) in [7, 11) is 0. The van der Waals surface area contributed by atoms with Crippen molar-refractivity contribution in [3.05, 3.63) is 23.3 Å². The largest absolute Gasteiger partial charge is 0.480 e. The second-order valence-electron chi connectivity index (χ2n) is 6.88. The van der Waals surface area contributed by atoms with Crippen molar-refractivity contribution in [2.75, 3.05) is 0 Å². The third kappa shape index (κ3) is 3.20. The number of hydrogen-bond acceptors (Lipinski definition) is 5. The first-order valence-corrected chi connectivity index (χ1v) is 8.61. The van der Waals surface area contributed by atoms with Crippen molar-refractivity contribution in [3.8, 4) is 0 Å². The van der Waals surface area contributed by atoms with Crippen molar-refractivity contribution in [3.63, 3.8) is 0 Å². The molecule has 2 heterocycles. The maximum absolute atomic E-state index is 12.6. The minimum atomic E-state index is -1.24. The maximum Gasteiger partial charge on any atom is 0.329 e. The minimum Gasteiger partial charge on any atom is -0.480 e. The fourth-order valence-electron chi connectivity index (χ4n) is 3.51. The molecule has 2 N–H and O–H groups in total. The fourth-order valence-corrected chi connectivity index (χ4v) is 3.51. The number of hydrogen-bond donors (Lipinski definition) is 2. The zero-order valence-corrected chi connectivity index (χ0v) is 14.7. The van der Waals surface area contributed by atoms with Gasteiger partial charge in [0.2, 0.25) is 5.82 Å². The first-order valence-electron chi connectivity index (χ1n) is 8.61. The van der Waals surface area contributed by atoms with Crippen molar-refractivity contribution in [2.45, 2.75) is 58.4 Å². The van der Waals surface area contributed by atoms with Gasteiger partial charge in [0.25, 0.3) is 11.7 Å². The first kappa shape index (κ1) is 17.3. The summed E-state index contributed by atoms with van der Waals surface area (Å²) >= 11 is 0. The van der Waals surface area contributed by atoms with Crippen LogP contribution in [0.15, 0.2) is 6.07 Å². The van der Waals surface area contributed by atoms with Gasteiger partial charge >= 0.3 is 5.97 Å². The van der Waals surface area contributed by atoms with Gasteiger partial charge in [-0.3, -0.25) is 4.79 Å². The van der Waals surface area contributed by atoms with Gasteiger partial charge in [0.1, 0.15) is 5.54 Å². The lowest BCUT2D eigenvalue weighted by Crippen LogP contribution is -2.56. The molecule has 0 aliphatic heterocycles. The Bertz CT molecular complexity index is 821. The molecule has 0 saturated heterocycles. The van der Waals surface area contributed by atoms with E-state index in [2.05, 4.69) is 27.3 Å². The number of carboxylic acids is 1. The van der Waals surface area contributed by atoms with Crippen LogP contribution in [0.2, 0.25) is 0 Å². The number of aliphatic carboxylic acids is 1. The van der Waals surface area contributed by atoms with E-state index in [4.69, 9.17) is 0 Å². The highest BCUT2D eigenvalue weighted by molar-refractivity contribution is 5.95. The van der Waals surface area contributed by atoms with Crippen LogP contribution in [-0.2, 0) is 4.79 Å². The molecule has 8 nitrogen and oxygen atoms in total. The summed E-state index contributed by atoms with van der Waals surface area (Å²) in [6.07, 6.45) is 3.47. The molecule has 1 aliphatic rings. The van der Waals surface area contributed by atoms with E-state index in [0.29, 0.717) is 24.5 Å². The lowest BCUT2D eigenvalue weighted by Gasteiger charge is -2.36. The Morgan fingerprint density at radius 1 is 1.32 bits per heavy atom. The number of rotatable bonds is 4. The van der Waals surface area contributed by atoms with Gasteiger partial charge in [0.05, 0.1) is 0 Å². The van der Waals surface area contributed by atoms with E-state index in [1.807, 2.05) is 19.9 Å². The quantitative estimate of drug-likeness (QED) is 0.876. The normalized spacial score (nSPS) is 23.6. The second kappa shape index (κ2) is 6.42. The van der Waals surface area contributed by atoms with Crippen LogP contribution >= 0.6 is 0 Å². The number of fused-ring (bicyclic) bond motifs is 1. The van der Waals surface area contributed by atoms with Crippen LogP contribution in [0.3, 0.4) is 0 Å². The molecule has 1 amide bonds. The Morgan fingerprint density at radius 2 is 2.00 bits per heavy atom. The molecular weight excluding hydrogens is 322 g/mol. The first-order chi connectivity index (χ1) is 11.8. The molecule has 1 aliphatic carbocycles. The number of aryl methyl sites for hydroxylation is 2. The molecule has 3 rings (SSSR count). The molecule has 2 aromatic rings. The monoisotopic (exact) mass is 345 g/mol. The highest BCUT2D eigenvalue weighted by Crippen LogP contribution is 2.34. The van der Waals surface area contributed by atoms with Gasteiger partial charge in [-0.2, -0.15) is 4.98 Å². The van der Waals surface area contributed by atoms with E-state index in [-0.39, 0.29) is 5.82 Å². The molecule has 25 heavy (non-hydrogen) atoms. The van der Waals surface area contributed by atoms with E-state index in [0.717, 1.165) is 30.7 Å². The van der Waals surface area contributed by atoms with Gasteiger partial charge < -0.3 is 10.4 Å². The van der Waals surface area contributed by atoms with Gasteiger partial charge in [-0.15, -0.1) is 5.10 Å². The molecule has 0 bridgehead atoms. The summed E-state index contributed by atoms with van der Waals surface area (Å²) in [6.45, 7) is 5.80. The smallest absolute Gasteiger partial charge is 0.329 e. The highest BCUT2D eigenvalue weighted by atomic mass is 16.4. The Balaban J connectivity index is 1.85. The zero-order valence-electron chi connectivity index (χ0n) is 14.7. The molecule has 0 radical (unpaired) electrons. The second-order valence-corrected chi connectivity index (χ2v) is 6.88. The number of carbonyl (C=O) groups is 2. The Labute approximate surface area is 145 Å². The predicted molar refractivity (Wildman–Crippen MR) is 90.3 cm³/mol. The average Bonchev–Trinajstić information content (AvgIpc) is 3.00.